The zero-order valence-corrected chi connectivity index (χ0v) is 13.6. The Kier molecular flexibility index (Phi) is 8.67. The number of nitrogens with one attached hydrogen (secondary N) is 1. The molecule has 1 heterocycles. The third-order valence-corrected chi connectivity index (χ3v) is 4.36. The number of likely N-dealkylation sites (N-methyl/N-ethyl adjacent to an activating group) is 1. The van der Waals surface area contributed by atoms with Gasteiger partial charge in [0.1, 0.15) is 0 Å². The highest BCUT2D eigenvalue weighted by Gasteiger charge is 2.26. The van der Waals surface area contributed by atoms with Crippen LogP contribution in [0.4, 0.5) is 0 Å². The molecule has 1 aliphatic rings. The fourth-order valence-electron chi connectivity index (χ4n) is 3.27. The van der Waals surface area contributed by atoms with Crippen molar-refractivity contribution in [3.05, 3.63) is 0 Å². The van der Waals surface area contributed by atoms with Gasteiger partial charge in [-0.25, -0.2) is 0 Å². The predicted molar refractivity (Wildman–Crippen MR) is 84.8 cm³/mol. The van der Waals surface area contributed by atoms with E-state index in [0.29, 0.717) is 6.04 Å². The smallest absolute Gasteiger partial charge is 0.0247 e. The SMILES string of the molecule is CCCNC(CCC)C(CC)N1CCCN(C)CC1. The van der Waals surface area contributed by atoms with Crippen LogP contribution in [-0.4, -0.2) is 61.7 Å². The summed E-state index contributed by atoms with van der Waals surface area (Å²) in [5.74, 6) is 0. The zero-order chi connectivity index (χ0) is 14.1. The summed E-state index contributed by atoms with van der Waals surface area (Å²) in [6.07, 6.45) is 6.42. The van der Waals surface area contributed by atoms with E-state index in [1.54, 1.807) is 0 Å². The maximum absolute atomic E-state index is 3.79. The largest absolute Gasteiger partial charge is 0.312 e. The van der Waals surface area contributed by atoms with Crippen molar-refractivity contribution in [2.24, 2.45) is 0 Å². The van der Waals surface area contributed by atoms with Gasteiger partial charge in [0.05, 0.1) is 0 Å². The quantitative estimate of drug-likeness (QED) is 0.730. The van der Waals surface area contributed by atoms with Gasteiger partial charge in [0.25, 0.3) is 0 Å². The lowest BCUT2D eigenvalue weighted by Gasteiger charge is -2.36. The second-order valence-electron chi connectivity index (χ2n) is 6.02. The Morgan fingerprint density at radius 3 is 2.42 bits per heavy atom. The van der Waals surface area contributed by atoms with E-state index >= 15 is 0 Å². The van der Waals surface area contributed by atoms with Crippen LogP contribution in [0.15, 0.2) is 0 Å². The molecule has 0 saturated carbocycles. The lowest BCUT2D eigenvalue weighted by Crippen LogP contribution is -2.51. The number of hydrogen-bond acceptors (Lipinski definition) is 3. The van der Waals surface area contributed by atoms with Crippen molar-refractivity contribution in [1.82, 2.24) is 15.1 Å². The fraction of sp³-hybridized carbons (Fsp3) is 1.00. The van der Waals surface area contributed by atoms with Crippen LogP contribution in [0.5, 0.6) is 0 Å². The highest BCUT2D eigenvalue weighted by molar-refractivity contribution is 4.85. The van der Waals surface area contributed by atoms with E-state index in [-0.39, 0.29) is 0 Å². The van der Waals surface area contributed by atoms with Gasteiger partial charge >= 0.3 is 0 Å². The Morgan fingerprint density at radius 2 is 1.79 bits per heavy atom. The number of nitrogens with zero attached hydrogens (tertiary/aromatic N) is 2. The van der Waals surface area contributed by atoms with Gasteiger partial charge in [-0.2, -0.15) is 0 Å². The minimum absolute atomic E-state index is 0.679. The van der Waals surface area contributed by atoms with Crippen molar-refractivity contribution in [1.29, 1.82) is 0 Å². The summed E-state index contributed by atoms with van der Waals surface area (Å²) >= 11 is 0. The predicted octanol–water partition coefficient (Wildman–Crippen LogP) is 2.57. The summed E-state index contributed by atoms with van der Waals surface area (Å²) in [4.78, 5) is 5.22. The molecule has 0 aromatic carbocycles. The van der Waals surface area contributed by atoms with E-state index in [0.717, 1.165) is 12.6 Å². The van der Waals surface area contributed by atoms with Crippen LogP contribution in [0.2, 0.25) is 0 Å². The molecule has 0 aliphatic carbocycles. The van der Waals surface area contributed by atoms with E-state index in [1.165, 1.54) is 58.3 Å². The number of hydrogen-bond donors (Lipinski definition) is 1. The molecule has 19 heavy (non-hydrogen) atoms. The lowest BCUT2D eigenvalue weighted by atomic mass is 9.98. The maximum Gasteiger partial charge on any atom is 0.0247 e. The van der Waals surface area contributed by atoms with Gasteiger partial charge in [0.2, 0.25) is 0 Å². The van der Waals surface area contributed by atoms with Crippen LogP contribution < -0.4 is 5.32 Å². The topological polar surface area (TPSA) is 18.5 Å². The molecule has 0 bridgehead atoms. The van der Waals surface area contributed by atoms with E-state index in [9.17, 15) is 0 Å². The number of rotatable bonds is 8. The third kappa shape index (κ3) is 5.80. The normalized spacial score (nSPS) is 22.1. The first-order chi connectivity index (χ1) is 9.22. The molecule has 1 N–H and O–H groups in total. The van der Waals surface area contributed by atoms with Crippen LogP contribution in [-0.2, 0) is 0 Å². The molecule has 1 rings (SSSR count). The molecule has 0 spiro atoms. The maximum atomic E-state index is 3.79. The molecule has 1 aliphatic heterocycles. The molecule has 1 fully saturated rings. The summed E-state index contributed by atoms with van der Waals surface area (Å²) in [6, 6.07) is 1.40. The molecule has 1 saturated heterocycles. The van der Waals surface area contributed by atoms with Crippen molar-refractivity contribution < 1.29 is 0 Å². The van der Waals surface area contributed by atoms with Gasteiger partial charge in [-0.3, -0.25) is 4.90 Å². The van der Waals surface area contributed by atoms with Gasteiger partial charge in [0, 0.05) is 25.2 Å². The first kappa shape index (κ1) is 16.9. The molecule has 3 nitrogen and oxygen atoms in total. The summed E-state index contributed by atoms with van der Waals surface area (Å²) in [5, 5.41) is 3.79. The van der Waals surface area contributed by atoms with Crippen LogP contribution in [0, 0.1) is 0 Å². The lowest BCUT2D eigenvalue weighted by molar-refractivity contribution is 0.151. The van der Waals surface area contributed by atoms with E-state index < -0.39 is 0 Å². The molecule has 3 heteroatoms. The molecule has 0 amide bonds. The van der Waals surface area contributed by atoms with Crippen LogP contribution in [0.3, 0.4) is 0 Å². The average molecular weight is 269 g/mol. The van der Waals surface area contributed by atoms with E-state index in [2.05, 4.69) is 42.9 Å². The summed E-state index contributed by atoms with van der Waals surface area (Å²) in [5.41, 5.74) is 0. The van der Waals surface area contributed by atoms with Crippen molar-refractivity contribution in [2.45, 2.75) is 65.0 Å². The highest BCUT2D eigenvalue weighted by Crippen LogP contribution is 2.16. The first-order valence-corrected chi connectivity index (χ1v) is 8.38. The summed E-state index contributed by atoms with van der Waals surface area (Å²) < 4.78 is 0. The first-order valence-electron chi connectivity index (χ1n) is 8.38. The fourth-order valence-corrected chi connectivity index (χ4v) is 3.27. The highest BCUT2D eigenvalue weighted by atomic mass is 15.2. The van der Waals surface area contributed by atoms with Gasteiger partial charge in [0.15, 0.2) is 0 Å². The van der Waals surface area contributed by atoms with Gasteiger partial charge in [-0.1, -0.05) is 27.2 Å². The van der Waals surface area contributed by atoms with Crippen molar-refractivity contribution >= 4 is 0 Å². The van der Waals surface area contributed by atoms with Crippen LogP contribution in [0.25, 0.3) is 0 Å². The van der Waals surface area contributed by atoms with Gasteiger partial charge in [-0.15, -0.1) is 0 Å². The van der Waals surface area contributed by atoms with Crippen molar-refractivity contribution in [2.75, 3.05) is 39.8 Å². The van der Waals surface area contributed by atoms with E-state index in [1.807, 2.05) is 0 Å². The summed E-state index contributed by atoms with van der Waals surface area (Å²) in [6.45, 7) is 13.1. The second-order valence-corrected chi connectivity index (χ2v) is 6.02. The molecular formula is C16H35N3. The molecule has 0 radical (unpaired) electrons. The van der Waals surface area contributed by atoms with Gasteiger partial charge in [-0.05, 0) is 52.4 Å². The molecule has 2 unspecified atom stereocenters. The Bertz CT molecular complexity index is 216. The minimum atomic E-state index is 0.679. The van der Waals surface area contributed by atoms with Crippen LogP contribution >= 0.6 is 0 Å². The zero-order valence-electron chi connectivity index (χ0n) is 13.6. The molecular weight excluding hydrogens is 234 g/mol. The Balaban J connectivity index is 2.60. The van der Waals surface area contributed by atoms with Crippen LogP contribution in [0.1, 0.15) is 52.9 Å². The Morgan fingerprint density at radius 1 is 1.00 bits per heavy atom. The summed E-state index contributed by atoms with van der Waals surface area (Å²) in [7, 11) is 2.25. The monoisotopic (exact) mass is 269 g/mol. The Labute approximate surface area is 120 Å². The molecule has 2 atom stereocenters. The average Bonchev–Trinajstić information content (AvgIpc) is 2.62. The van der Waals surface area contributed by atoms with Gasteiger partial charge < -0.3 is 10.2 Å². The van der Waals surface area contributed by atoms with E-state index in [4.69, 9.17) is 0 Å². The minimum Gasteiger partial charge on any atom is -0.312 e. The third-order valence-electron chi connectivity index (χ3n) is 4.36. The van der Waals surface area contributed by atoms with Crippen molar-refractivity contribution in [3.63, 3.8) is 0 Å². The standard InChI is InChI=1S/C16H35N3/c1-5-9-15(17-10-6-2)16(7-3)19-12-8-11-18(4)13-14-19/h15-17H,5-14H2,1-4H3. The second kappa shape index (κ2) is 9.73. The van der Waals surface area contributed by atoms with Crippen molar-refractivity contribution in [3.8, 4) is 0 Å². The molecule has 0 aromatic rings. The molecule has 114 valence electrons. The molecule has 0 aromatic heterocycles. The Hall–Kier alpha value is -0.120.